The highest BCUT2D eigenvalue weighted by Crippen LogP contribution is 2.20. The summed E-state index contributed by atoms with van der Waals surface area (Å²) in [6.45, 7) is 8.74. The quantitative estimate of drug-likeness (QED) is 0.581. The number of rotatable bonds is 9. The average molecular weight is 492 g/mol. The number of hydrogen-bond donors (Lipinski definition) is 1. The van der Waals surface area contributed by atoms with E-state index in [1.807, 2.05) is 27.7 Å². The monoisotopic (exact) mass is 491 g/mol. The molecule has 0 radical (unpaired) electrons. The maximum Gasteiger partial charge on any atom is 0.244 e. The van der Waals surface area contributed by atoms with E-state index in [2.05, 4.69) is 5.32 Å². The molecule has 2 rings (SSSR count). The predicted octanol–water partition coefficient (Wildman–Crippen LogP) is 3.62. The molecule has 7 nitrogen and oxygen atoms in total. The molecule has 34 heavy (non-hydrogen) atoms. The van der Waals surface area contributed by atoms with Crippen molar-refractivity contribution in [3.05, 3.63) is 65.5 Å². The number of nitrogens with zero attached hydrogens (tertiary/aromatic N) is 2. The van der Waals surface area contributed by atoms with Crippen molar-refractivity contribution in [2.75, 3.05) is 17.1 Å². The summed E-state index contributed by atoms with van der Waals surface area (Å²) in [5.41, 5.74) is 1.41. The molecular formula is C25H34FN3O4S. The Morgan fingerprint density at radius 1 is 1.03 bits per heavy atom. The van der Waals surface area contributed by atoms with Gasteiger partial charge in [0.15, 0.2) is 0 Å². The molecule has 0 aromatic heterocycles. The standard InChI is InChI=1S/C25H34FN3O4S/c1-7-22(24(31)27-25(3,4)5)28(16-19-10-12-20(26)13-11-19)23(30)17-29(34(6,32)33)21-14-8-18(2)9-15-21/h8-15,22H,7,16-17H2,1-6H3,(H,27,31). The van der Waals surface area contributed by atoms with Crippen LogP contribution in [0.2, 0.25) is 0 Å². The third-order valence-corrected chi connectivity index (χ3v) is 6.29. The maximum atomic E-state index is 13.5. The molecule has 2 amide bonds. The maximum absolute atomic E-state index is 13.5. The molecule has 0 aliphatic heterocycles. The first-order valence-corrected chi connectivity index (χ1v) is 13.0. The summed E-state index contributed by atoms with van der Waals surface area (Å²) in [7, 11) is -3.78. The number of carbonyl (C=O) groups excluding carboxylic acids is 2. The van der Waals surface area contributed by atoms with Gasteiger partial charge in [-0.15, -0.1) is 0 Å². The lowest BCUT2D eigenvalue weighted by atomic mass is 10.1. The summed E-state index contributed by atoms with van der Waals surface area (Å²) in [5.74, 6) is -1.29. The van der Waals surface area contributed by atoms with Gasteiger partial charge in [-0.25, -0.2) is 12.8 Å². The molecule has 0 fully saturated rings. The zero-order chi connectivity index (χ0) is 25.7. The highest BCUT2D eigenvalue weighted by atomic mass is 32.2. The van der Waals surface area contributed by atoms with Gasteiger partial charge in [-0.1, -0.05) is 36.8 Å². The minimum absolute atomic E-state index is 0.0285. The highest BCUT2D eigenvalue weighted by Gasteiger charge is 2.33. The first-order valence-electron chi connectivity index (χ1n) is 11.1. The van der Waals surface area contributed by atoms with Crippen molar-refractivity contribution in [2.24, 2.45) is 0 Å². The van der Waals surface area contributed by atoms with Crippen molar-refractivity contribution in [2.45, 2.75) is 59.2 Å². The summed E-state index contributed by atoms with van der Waals surface area (Å²) in [6, 6.07) is 11.6. The van der Waals surface area contributed by atoms with Crippen LogP contribution in [0.1, 0.15) is 45.2 Å². The number of anilines is 1. The zero-order valence-electron chi connectivity index (χ0n) is 20.6. The highest BCUT2D eigenvalue weighted by molar-refractivity contribution is 7.92. The van der Waals surface area contributed by atoms with Crippen molar-refractivity contribution >= 4 is 27.5 Å². The summed E-state index contributed by atoms with van der Waals surface area (Å²) in [6.07, 6.45) is 1.35. The fourth-order valence-electron chi connectivity index (χ4n) is 3.48. The molecule has 0 aliphatic rings. The van der Waals surface area contributed by atoms with Crippen LogP contribution >= 0.6 is 0 Å². The second-order valence-electron chi connectivity index (χ2n) is 9.42. The van der Waals surface area contributed by atoms with Gasteiger partial charge >= 0.3 is 0 Å². The number of hydrogen-bond acceptors (Lipinski definition) is 4. The Hall–Kier alpha value is -2.94. The number of amides is 2. The topological polar surface area (TPSA) is 86.8 Å². The van der Waals surface area contributed by atoms with E-state index in [0.29, 0.717) is 17.7 Å². The van der Waals surface area contributed by atoms with Crippen molar-refractivity contribution in [3.8, 4) is 0 Å². The second kappa shape index (κ2) is 11.0. The van der Waals surface area contributed by atoms with E-state index in [4.69, 9.17) is 0 Å². The van der Waals surface area contributed by atoms with Crippen LogP contribution in [0, 0.1) is 12.7 Å². The lowest BCUT2D eigenvalue weighted by Crippen LogP contribution is -2.55. The van der Waals surface area contributed by atoms with E-state index in [-0.39, 0.29) is 12.5 Å². The van der Waals surface area contributed by atoms with Crippen LogP contribution in [0.3, 0.4) is 0 Å². The molecule has 1 atom stereocenters. The van der Waals surface area contributed by atoms with Gasteiger partial charge in [-0.3, -0.25) is 13.9 Å². The van der Waals surface area contributed by atoms with Crippen molar-refractivity contribution in [1.82, 2.24) is 10.2 Å². The Morgan fingerprint density at radius 2 is 1.59 bits per heavy atom. The normalized spacial score (nSPS) is 12.7. The van der Waals surface area contributed by atoms with E-state index in [1.54, 1.807) is 31.2 Å². The third-order valence-electron chi connectivity index (χ3n) is 5.15. The molecule has 1 unspecified atom stereocenters. The summed E-state index contributed by atoms with van der Waals surface area (Å²) in [5, 5.41) is 2.90. The van der Waals surface area contributed by atoms with Crippen LogP contribution in [0.4, 0.5) is 10.1 Å². The van der Waals surface area contributed by atoms with Crippen LogP contribution in [0.15, 0.2) is 48.5 Å². The number of halogens is 1. The van der Waals surface area contributed by atoms with Crippen LogP contribution < -0.4 is 9.62 Å². The molecule has 0 saturated carbocycles. The van der Waals surface area contributed by atoms with Crippen molar-refractivity contribution < 1.29 is 22.4 Å². The van der Waals surface area contributed by atoms with Gasteiger partial charge in [-0.2, -0.15) is 0 Å². The van der Waals surface area contributed by atoms with Gasteiger partial charge < -0.3 is 10.2 Å². The first kappa shape index (κ1) is 27.3. The Kier molecular flexibility index (Phi) is 8.83. The lowest BCUT2D eigenvalue weighted by Gasteiger charge is -2.34. The van der Waals surface area contributed by atoms with Gasteiger partial charge in [0, 0.05) is 12.1 Å². The number of carbonyl (C=O) groups is 2. The molecular weight excluding hydrogens is 457 g/mol. The van der Waals surface area contributed by atoms with Gasteiger partial charge in [0.1, 0.15) is 18.4 Å². The third kappa shape index (κ3) is 7.83. The number of aryl methyl sites for hydroxylation is 1. The second-order valence-corrected chi connectivity index (χ2v) is 11.3. The molecule has 0 heterocycles. The van der Waals surface area contributed by atoms with Crippen LogP contribution in [0.5, 0.6) is 0 Å². The number of sulfonamides is 1. The largest absolute Gasteiger partial charge is 0.350 e. The van der Waals surface area contributed by atoms with Crippen LogP contribution in [0.25, 0.3) is 0 Å². The van der Waals surface area contributed by atoms with E-state index >= 15 is 0 Å². The van der Waals surface area contributed by atoms with Crippen LogP contribution in [-0.2, 0) is 26.2 Å². The Labute approximate surface area is 202 Å². The minimum atomic E-state index is -3.78. The molecule has 0 saturated heterocycles. The smallest absolute Gasteiger partial charge is 0.244 e. The molecule has 186 valence electrons. The van der Waals surface area contributed by atoms with E-state index < -0.39 is 39.9 Å². The van der Waals surface area contributed by atoms with Crippen molar-refractivity contribution in [1.29, 1.82) is 0 Å². The van der Waals surface area contributed by atoms with Crippen LogP contribution in [-0.4, -0.2) is 49.5 Å². The Bertz CT molecular complexity index is 1090. The van der Waals surface area contributed by atoms with Gasteiger partial charge in [0.05, 0.1) is 11.9 Å². The molecule has 0 spiro atoms. The van der Waals surface area contributed by atoms with Gasteiger partial charge in [0.2, 0.25) is 21.8 Å². The molecule has 0 bridgehead atoms. The summed E-state index contributed by atoms with van der Waals surface area (Å²) >= 11 is 0. The minimum Gasteiger partial charge on any atom is -0.350 e. The van der Waals surface area contributed by atoms with E-state index in [0.717, 1.165) is 16.1 Å². The molecule has 2 aromatic carbocycles. The number of benzene rings is 2. The lowest BCUT2D eigenvalue weighted by molar-refractivity contribution is -0.141. The Balaban J connectivity index is 2.43. The fraction of sp³-hybridized carbons (Fsp3) is 0.440. The summed E-state index contributed by atoms with van der Waals surface area (Å²) < 4.78 is 39.6. The average Bonchev–Trinajstić information content (AvgIpc) is 2.72. The fourth-order valence-corrected chi connectivity index (χ4v) is 4.33. The van der Waals surface area contributed by atoms with E-state index in [9.17, 15) is 22.4 Å². The zero-order valence-corrected chi connectivity index (χ0v) is 21.4. The van der Waals surface area contributed by atoms with E-state index in [1.165, 1.54) is 29.2 Å². The SMILES string of the molecule is CCC(C(=O)NC(C)(C)C)N(Cc1ccc(F)cc1)C(=O)CN(c1ccc(C)cc1)S(C)(=O)=O. The molecule has 1 N–H and O–H groups in total. The summed E-state index contributed by atoms with van der Waals surface area (Å²) in [4.78, 5) is 28.0. The molecule has 9 heteroatoms. The molecule has 2 aromatic rings. The number of nitrogens with one attached hydrogen (secondary N) is 1. The predicted molar refractivity (Wildman–Crippen MR) is 132 cm³/mol. The first-order chi connectivity index (χ1) is 15.7. The molecule has 0 aliphatic carbocycles. The van der Waals surface area contributed by atoms with Gasteiger partial charge in [0.25, 0.3) is 0 Å². The van der Waals surface area contributed by atoms with Gasteiger partial charge in [-0.05, 0) is 63.9 Å². The Morgan fingerprint density at radius 3 is 2.06 bits per heavy atom. The van der Waals surface area contributed by atoms with Crippen molar-refractivity contribution in [3.63, 3.8) is 0 Å².